The van der Waals surface area contributed by atoms with Crippen LogP contribution in [0.1, 0.15) is 42.9 Å². The minimum Gasteiger partial charge on any atom is -0.192 e. The summed E-state index contributed by atoms with van der Waals surface area (Å²) in [5.74, 6) is 0. The van der Waals surface area contributed by atoms with Crippen LogP contribution >= 0.6 is 18.3 Å². The van der Waals surface area contributed by atoms with E-state index in [1.807, 2.05) is 0 Å². The molecule has 0 aliphatic rings. The number of rotatable bonds is 2. The summed E-state index contributed by atoms with van der Waals surface area (Å²) in [6.07, 6.45) is 0.981. The van der Waals surface area contributed by atoms with Crippen molar-refractivity contribution in [1.82, 2.24) is 0 Å². The highest BCUT2D eigenvalue weighted by molar-refractivity contribution is 7.81. The molecule has 4 heteroatoms. The highest BCUT2D eigenvalue weighted by atomic mass is 32.5. The third-order valence-electron chi connectivity index (χ3n) is 2.41. The van der Waals surface area contributed by atoms with Crippen molar-refractivity contribution in [2.75, 3.05) is 0 Å². The summed E-state index contributed by atoms with van der Waals surface area (Å²) in [5, 5.41) is 18.4. The predicted octanol–water partition coefficient (Wildman–Crippen LogP) is 3.76. The van der Waals surface area contributed by atoms with Crippen molar-refractivity contribution in [3.05, 3.63) is 15.7 Å². The summed E-state index contributed by atoms with van der Waals surface area (Å²) in [6.45, 7) is 6.33. The summed E-state index contributed by atoms with van der Waals surface area (Å²) < 4.78 is 0. The van der Waals surface area contributed by atoms with Crippen LogP contribution in [-0.2, 0) is 5.41 Å². The van der Waals surface area contributed by atoms with Gasteiger partial charge in [0, 0.05) is 17.7 Å². The largest absolute Gasteiger partial charge is 0.192 e. The summed E-state index contributed by atoms with van der Waals surface area (Å²) in [5.41, 5.74) is 0.618. The zero-order valence-electron chi connectivity index (χ0n) is 8.46. The van der Waals surface area contributed by atoms with Crippen LogP contribution in [0.15, 0.2) is 0 Å². The molecule has 0 aliphatic heterocycles. The van der Waals surface area contributed by atoms with Gasteiger partial charge in [-0.3, -0.25) is 0 Å². The van der Waals surface area contributed by atoms with Crippen LogP contribution in [0.3, 0.4) is 0 Å². The normalized spacial score (nSPS) is 11.2. The van der Waals surface area contributed by atoms with Gasteiger partial charge in [-0.15, -0.1) is 10.9 Å². The van der Waals surface area contributed by atoms with E-state index >= 15 is 0 Å². The molecule has 0 N–H and O–H groups in total. The molecule has 0 aliphatic carbocycles. The molecular weight excluding hydrogens is 211 g/mol. The number of hydrogen-bond acceptors (Lipinski definition) is 3. The molecule has 0 aromatic carbocycles. The molecule has 72 valence electrons. The van der Waals surface area contributed by atoms with Gasteiger partial charge in [0.1, 0.15) is 17.4 Å². The molecule has 0 radical (unpaired) electrons. The predicted molar refractivity (Wildman–Crippen MR) is 59.6 cm³/mol. The second-order valence-corrected chi connectivity index (χ2v) is 6.01. The molecule has 0 amide bonds. The Kier molecular flexibility index (Phi) is 3.27. The van der Waals surface area contributed by atoms with Gasteiger partial charge in [-0.2, -0.15) is 10.5 Å². The maximum atomic E-state index is 9.00. The number of nitrogens with zero attached hydrogens (tertiary/aromatic N) is 2. The molecule has 1 aromatic rings. The van der Waals surface area contributed by atoms with E-state index in [-0.39, 0.29) is 5.41 Å². The van der Waals surface area contributed by atoms with Crippen LogP contribution in [0.2, 0.25) is 0 Å². The van der Waals surface area contributed by atoms with Gasteiger partial charge < -0.3 is 0 Å². The average molecular weight is 222 g/mol. The summed E-state index contributed by atoms with van der Waals surface area (Å²) in [7, 11) is 2.52. The average Bonchev–Trinajstić information content (AvgIpc) is 2.60. The van der Waals surface area contributed by atoms with Crippen molar-refractivity contribution in [2.24, 2.45) is 0 Å². The van der Waals surface area contributed by atoms with Crippen LogP contribution < -0.4 is 0 Å². The molecule has 0 saturated carbocycles. The van der Waals surface area contributed by atoms with Crippen molar-refractivity contribution in [3.63, 3.8) is 0 Å². The standard InChI is InChI=1S/C10H11N2PS/c1-4-10(2,3)9-7(5-11)8(6-12)13-14-9/h4H2,1-3H3. The fourth-order valence-electron chi connectivity index (χ4n) is 1.09. The number of nitriles is 2. The molecule has 0 fully saturated rings. The lowest BCUT2D eigenvalue weighted by molar-refractivity contribution is 0.516. The van der Waals surface area contributed by atoms with Gasteiger partial charge in [0.25, 0.3) is 0 Å². The van der Waals surface area contributed by atoms with Crippen molar-refractivity contribution < 1.29 is 0 Å². The lowest BCUT2D eigenvalue weighted by Gasteiger charge is -2.20. The van der Waals surface area contributed by atoms with Crippen LogP contribution in [0.25, 0.3) is 0 Å². The van der Waals surface area contributed by atoms with Crippen LogP contribution in [0, 0.1) is 22.7 Å². The highest BCUT2D eigenvalue weighted by Gasteiger charge is 2.25. The van der Waals surface area contributed by atoms with Crippen molar-refractivity contribution in [3.8, 4) is 12.1 Å². The third-order valence-corrected chi connectivity index (χ3v) is 5.31. The van der Waals surface area contributed by atoms with E-state index in [0.717, 1.165) is 18.7 Å². The minimum atomic E-state index is 0.0152. The van der Waals surface area contributed by atoms with E-state index in [0.29, 0.717) is 10.9 Å². The van der Waals surface area contributed by atoms with Crippen molar-refractivity contribution >= 4 is 18.3 Å². The Hall–Kier alpha value is -0.890. The van der Waals surface area contributed by atoms with E-state index in [4.69, 9.17) is 10.5 Å². The smallest absolute Gasteiger partial charge is 0.108 e. The van der Waals surface area contributed by atoms with Crippen molar-refractivity contribution in [1.29, 1.82) is 10.5 Å². The molecular formula is C10H11N2PS. The zero-order valence-corrected chi connectivity index (χ0v) is 10.2. The van der Waals surface area contributed by atoms with Gasteiger partial charge in [0.15, 0.2) is 0 Å². The zero-order chi connectivity index (χ0) is 10.8. The highest BCUT2D eigenvalue weighted by Crippen LogP contribution is 2.41. The van der Waals surface area contributed by atoms with Gasteiger partial charge >= 0.3 is 0 Å². The first kappa shape index (κ1) is 11.2. The first-order valence-electron chi connectivity index (χ1n) is 4.37. The summed E-state index contributed by atoms with van der Waals surface area (Å²) in [4.78, 5) is 1.07. The van der Waals surface area contributed by atoms with Crippen LogP contribution in [0.4, 0.5) is 0 Å². The maximum Gasteiger partial charge on any atom is 0.108 e. The second-order valence-electron chi connectivity index (χ2n) is 3.70. The van der Waals surface area contributed by atoms with Crippen LogP contribution in [-0.4, -0.2) is 0 Å². The van der Waals surface area contributed by atoms with E-state index in [9.17, 15) is 0 Å². The minimum absolute atomic E-state index is 0.0152. The first-order valence-corrected chi connectivity index (χ1v) is 6.68. The van der Waals surface area contributed by atoms with Gasteiger partial charge in [-0.25, -0.2) is 0 Å². The molecule has 0 spiro atoms. The Morgan fingerprint density at radius 1 is 1.36 bits per heavy atom. The number of hydrogen-bond donors (Lipinski definition) is 0. The van der Waals surface area contributed by atoms with Gasteiger partial charge in [0.05, 0.1) is 5.56 Å². The fourth-order valence-corrected chi connectivity index (χ4v) is 4.23. The molecule has 2 nitrogen and oxygen atoms in total. The Labute approximate surface area is 89.6 Å². The van der Waals surface area contributed by atoms with Gasteiger partial charge in [-0.05, 0) is 6.42 Å². The van der Waals surface area contributed by atoms with E-state index in [1.165, 1.54) is 0 Å². The topological polar surface area (TPSA) is 47.6 Å². The lowest BCUT2D eigenvalue weighted by atomic mass is 9.86. The Morgan fingerprint density at radius 2 is 2.00 bits per heavy atom. The molecule has 1 heterocycles. The monoisotopic (exact) mass is 222 g/mol. The SMILES string of the molecule is CCC(C)(C)c1spc(C#N)c1C#N. The van der Waals surface area contributed by atoms with Gasteiger partial charge in [-0.1, -0.05) is 20.8 Å². The molecule has 1 rings (SSSR count). The first-order chi connectivity index (χ1) is 6.56. The molecule has 1 aromatic heterocycles. The second kappa shape index (κ2) is 4.09. The summed E-state index contributed by atoms with van der Waals surface area (Å²) >= 11 is 0. The van der Waals surface area contributed by atoms with Gasteiger partial charge in [0.2, 0.25) is 0 Å². The molecule has 14 heavy (non-hydrogen) atoms. The quantitative estimate of drug-likeness (QED) is 0.764. The van der Waals surface area contributed by atoms with E-state index in [1.54, 1.807) is 10.9 Å². The molecule has 0 unspecified atom stereocenters. The molecule has 0 atom stereocenters. The maximum absolute atomic E-state index is 9.00. The Bertz CT molecular complexity index is 420. The summed E-state index contributed by atoms with van der Waals surface area (Å²) in [6, 6.07) is 4.24. The Balaban J connectivity index is 3.33. The van der Waals surface area contributed by atoms with E-state index < -0.39 is 0 Å². The third kappa shape index (κ3) is 1.80. The van der Waals surface area contributed by atoms with E-state index in [2.05, 4.69) is 32.9 Å². The lowest BCUT2D eigenvalue weighted by Crippen LogP contribution is -2.15. The fraction of sp³-hybridized carbons (Fsp3) is 0.500. The van der Waals surface area contributed by atoms with Crippen LogP contribution in [0.5, 0.6) is 0 Å². The van der Waals surface area contributed by atoms with Crippen molar-refractivity contribution in [2.45, 2.75) is 32.6 Å². The molecule has 0 bridgehead atoms. The Morgan fingerprint density at radius 3 is 2.43 bits per heavy atom. The molecule has 0 saturated heterocycles.